The van der Waals surface area contributed by atoms with Crippen molar-refractivity contribution in [2.45, 2.75) is 20.3 Å². The van der Waals surface area contributed by atoms with Crippen LogP contribution < -0.4 is 0 Å². The number of thiophene rings is 2. The highest BCUT2D eigenvalue weighted by molar-refractivity contribution is 7.14. The van der Waals surface area contributed by atoms with E-state index in [0.29, 0.717) is 0 Å². The zero-order valence-corrected chi connectivity index (χ0v) is 14.8. The Labute approximate surface area is 144 Å². The second-order valence-corrected chi connectivity index (χ2v) is 8.12. The quantitative estimate of drug-likeness (QED) is 0.417. The van der Waals surface area contributed by atoms with Crippen LogP contribution in [0.4, 0.5) is 0 Å². The summed E-state index contributed by atoms with van der Waals surface area (Å²) in [6, 6.07) is 16.4. The molecule has 23 heavy (non-hydrogen) atoms. The second-order valence-electron chi connectivity index (χ2n) is 5.49. The van der Waals surface area contributed by atoms with Crippen LogP contribution in [0.3, 0.4) is 0 Å². The summed E-state index contributed by atoms with van der Waals surface area (Å²) in [5.74, 6) is 0.0811. The summed E-state index contributed by atoms with van der Waals surface area (Å²) >= 11 is 3.34. The van der Waals surface area contributed by atoms with Crippen LogP contribution in [-0.4, -0.2) is 5.78 Å². The lowest BCUT2D eigenvalue weighted by atomic mass is 10.1. The van der Waals surface area contributed by atoms with E-state index in [-0.39, 0.29) is 5.78 Å². The Morgan fingerprint density at radius 3 is 2.52 bits per heavy atom. The maximum absolute atomic E-state index is 12.3. The van der Waals surface area contributed by atoms with E-state index in [1.807, 2.05) is 30.3 Å². The molecular weight excluding hydrogens is 320 g/mol. The molecule has 1 nitrogen and oxygen atoms in total. The molecule has 2 aromatic heterocycles. The van der Waals surface area contributed by atoms with Gasteiger partial charge in [-0.05, 0) is 55.3 Å². The van der Waals surface area contributed by atoms with Crippen molar-refractivity contribution < 1.29 is 4.79 Å². The van der Waals surface area contributed by atoms with E-state index in [2.05, 4.69) is 38.1 Å². The third-order valence-electron chi connectivity index (χ3n) is 3.62. The van der Waals surface area contributed by atoms with Gasteiger partial charge < -0.3 is 0 Å². The topological polar surface area (TPSA) is 17.1 Å². The minimum absolute atomic E-state index is 0.0811. The summed E-state index contributed by atoms with van der Waals surface area (Å²) in [5, 5.41) is 0. The van der Waals surface area contributed by atoms with Crippen LogP contribution in [0.2, 0.25) is 0 Å². The SMILES string of the molecule is Cc1cc(/C=C/C(=O)c2ccc(Cc3ccccc3)s2)c(C)s1. The van der Waals surface area contributed by atoms with Crippen LogP contribution in [0.5, 0.6) is 0 Å². The van der Waals surface area contributed by atoms with Gasteiger partial charge in [0.25, 0.3) is 0 Å². The average Bonchev–Trinajstić information content (AvgIpc) is 3.12. The van der Waals surface area contributed by atoms with Crippen LogP contribution in [0.1, 0.15) is 35.4 Å². The van der Waals surface area contributed by atoms with Gasteiger partial charge in [-0.2, -0.15) is 0 Å². The Balaban J connectivity index is 1.70. The molecule has 0 aliphatic rings. The lowest BCUT2D eigenvalue weighted by Gasteiger charge is -1.97. The Hall–Kier alpha value is -1.97. The monoisotopic (exact) mass is 338 g/mol. The molecule has 3 aromatic rings. The van der Waals surface area contributed by atoms with Crippen LogP contribution >= 0.6 is 22.7 Å². The number of carbonyl (C=O) groups excluding carboxylic acids is 1. The second kappa shape index (κ2) is 7.07. The summed E-state index contributed by atoms with van der Waals surface area (Å²) in [4.78, 5) is 16.9. The Morgan fingerprint density at radius 1 is 1.04 bits per heavy atom. The molecule has 0 fully saturated rings. The standard InChI is InChI=1S/C20H18OS2/c1-14-12-17(15(2)22-14)8-10-19(21)20-11-9-18(23-20)13-16-6-4-3-5-7-16/h3-12H,13H2,1-2H3/b10-8+. The van der Waals surface area contributed by atoms with Crippen LogP contribution in [-0.2, 0) is 6.42 Å². The van der Waals surface area contributed by atoms with Gasteiger partial charge >= 0.3 is 0 Å². The van der Waals surface area contributed by atoms with Gasteiger partial charge in [-0.25, -0.2) is 0 Å². The zero-order chi connectivity index (χ0) is 16.2. The molecule has 0 saturated heterocycles. The first kappa shape index (κ1) is 15.9. The molecule has 2 heterocycles. The van der Waals surface area contributed by atoms with E-state index in [0.717, 1.165) is 16.9 Å². The van der Waals surface area contributed by atoms with Crippen molar-refractivity contribution in [3.05, 3.63) is 85.2 Å². The molecule has 0 radical (unpaired) electrons. The number of aryl methyl sites for hydroxylation is 2. The number of hydrogen-bond donors (Lipinski definition) is 0. The molecular formula is C20H18OS2. The molecule has 0 aliphatic carbocycles. The fraction of sp³-hybridized carbons (Fsp3) is 0.150. The first-order valence-electron chi connectivity index (χ1n) is 7.54. The number of hydrogen-bond acceptors (Lipinski definition) is 3. The summed E-state index contributed by atoms with van der Waals surface area (Å²) in [5.41, 5.74) is 2.41. The smallest absolute Gasteiger partial charge is 0.195 e. The van der Waals surface area contributed by atoms with Crippen LogP contribution in [0.15, 0.2) is 54.6 Å². The van der Waals surface area contributed by atoms with Crippen molar-refractivity contribution in [2.75, 3.05) is 0 Å². The molecule has 0 amide bonds. The van der Waals surface area contributed by atoms with Crippen molar-refractivity contribution in [3.8, 4) is 0 Å². The summed E-state index contributed by atoms with van der Waals surface area (Å²) < 4.78 is 0. The van der Waals surface area contributed by atoms with E-state index in [9.17, 15) is 4.79 Å². The normalized spacial score (nSPS) is 11.2. The molecule has 0 bridgehead atoms. The van der Waals surface area contributed by atoms with E-state index < -0.39 is 0 Å². The van der Waals surface area contributed by atoms with Crippen molar-refractivity contribution in [2.24, 2.45) is 0 Å². The molecule has 3 heteroatoms. The molecule has 0 atom stereocenters. The molecule has 116 valence electrons. The van der Waals surface area contributed by atoms with Crippen LogP contribution in [0, 0.1) is 13.8 Å². The van der Waals surface area contributed by atoms with Crippen molar-refractivity contribution >= 4 is 34.5 Å². The number of carbonyl (C=O) groups is 1. The lowest BCUT2D eigenvalue weighted by molar-refractivity contribution is 0.105. The molecule has 0 N–H and O–H groups in total. The highest BCUT2D eigenvalue weighted by Crippen LogP contribution is 2.23. The third-order valence-corrected chi connectivity index (χ3v) is 5.70. The first-order chi connectivity index (χ1) is 11.1. The van der Waals surface area contributed by atoms with Gasteiger partial charge in [0.2, 0.25) is 0 Å². The third kappa shape index (κ3) is 4.06. The van der Waals surface area contributed by atoms with Gasteiger partial charge in [0.1, 0.15) is 0 Å². The number of ketones is 1. The zero-order valence-electron chi connectivity index (χ0n) is 13.2. The average molecular weight is 338 g/mol. The highest BCUT2D eigenvalue weighted by Gasteiger charge is 2.07. The van der Waals surface area contributed by atoms with Gasteiger partial charge in [0.05, 0.1) is 4.88 Å². The van der Waals surface area contributed by atoms with Crippen molar-refractivity contribution in [1.29, 1.82) is 0 Å². The Bertz CT molecular complexity index is 838. The predicted octanol–water partition coefficient (Wildman–Crippen LogP) is 5.91. The number of rotatable bonds is 5. The highest BCUT2D eigenvalue weighted by atomic mass is 32.1. The lowest BCUT2D eigenvalue weighted by Crippen LogP contribution is -1.88. The minimum Gasteiger partial charge on any atom is -0.288 e. The van der Waals surface area contributed by atoms with Gasteiger partial charge in [0, 0.05) is 21.1 Å². The van der Waals surface area contributed by atoms with Gasteiger partial charge in [-0.3, -0.25) is 4.79 Å². The first-order valence-corrected chi connectivity index (χ1v) is 9.17. The largest absolute Gasteiger partial charge is 0.288 e. The maximum atomic E-state index is 12.3. The molecule has 0 spiro atoms. The fourth-order valence-electron chi connectivity index (χ4n) is 2.47. The Kier molecular flexibility index (Phi) is 4.89. The van der Waals surface area contributed by atoms with E-state index >= 15 is 0 Å². The van der Waals surface area contributed by atoms with Gasteiger partial charge in [-0.1, -0.05) is 30.3 Å². The molecule has 1 aromatic carbocycles. The maximum Gasteiger partial charge on any atom is 0.195 e. The van der Waals surface area contributed by atoms with Crippen molar-refractivity contribution in [3.63, 3.8) is 0 Å². The van der Waals surface area contributed by atoms with Gasteiger partial charge in [0.15, 0.2) is 5.78 Å². The molecule has 0 unspecified atom stereocenters. The van der Waals surface area contributed by atoms with Crippen molar-refractivity contribution in [1.82, 2.24) is 0 Å². The number of benzene rings is 1. The predicted molar refractivity (Wildman–Crippen MR) is 101 cm³/mol. The molecule has 0 saturated carbocycles. The minimum atomic E-state index is 0.0811. The van der Waals surface area contributed by atoms with Gasteiger partial charge in [-0.15, -0.1) is 22.7 Å². The Morgan fingerprint density at radius 2 is 1.83 bits per heavy atom. The summed E-state index contributed by atoms with van der Waals surface area (Å²) in [6.45, 7) is 4.18. The fourth-order valence-corrected chi connectivity index (χ4v) is 4.34. The van der Waals surface area contributed by atoms with E-state index in [1.165, 1.54) is 20.2 Å². The summed E-state index contributed by atoms with van der Waals surface area (Å²) in [6.07, 6.45) is 4.50. The number of allylic oxidation sites excluding steroid dienone is 1. The van der Waals surface area contributed by atoms with E-state index in [4.69, 9.17) is 0 Å². The summed E-state index contributed by atoms with van der Waals surface area (Å²) in [7, 11) is 0. The van der Waals surface area contributed by atoms with E-state index in [1.54, 1.807) is 28.7 Å². The molecule has 0 aliphatic heterocycles. The molecule has 3 rings (SSSR count). The van der Waals surface area contributed by atoms with Crippen LogP contribution in [0.25, 0.3) is 6.08 Å².